The summed E-state index contributed by atoms with van der Waals surface area (Å²) in [6, 6.07) is 0.504. The van der Waals surface area contributed by atoms with Crippen LogP contribution in [0.5, 0.6) is 0 Å². The molecular weight excluding hydrogens is 214 g/mol. The van der Waals surface area contributed by atoms with Gasteiger partial charge in [-0.05, 0) is 50.4 Å². The molecule has 96 valence electrons. The Morgan fingerprint density at radius 3 is 2.00 bits per heavy atom. The summed E-state index contributed by atoms with van der Waals surface area (Å²) in [5.41, 5.74) is -0.589. The molecule has 0 spiro atoms. The molecule has 17 heavy (non-hydrogen) atoms. The summed E-state index contributed by atoms with van der Waals surface area (Å²) in [5, 5.41) is 13.2. The molecule has 0 aromatic rings. The zero-order chi connectivity index (χ0) is 11.9. The molecule has 0 aromatic heterocycles. The molecule has 0 saturated heterocycles. The normalized spacial score (nSPS) is 28.3. The van der Waals surface area contributed by atoms with Gasteiger partial charge in [0.05, 0.1) is 0 Å². The van der Waals surface area contributed by atoms with E-state index in [2.05, 4.69) is 5.32 Å². The smallest absolute Gasteiger partial charge is 0.323 e. The van der Waals surface area contributed by atoms with Gasteiger partial charge in [0, 0.05) is 6.04 Å². The van der Waals surface area contributed by atoms with Crippen molar-refractivity contribution >= 4 is 5.97 Å². The Bertz CT molecular complexity index is 289. The van der Waals surface area contributed by atoms with E-state index in [4.69, 9.17) is 0 Å². The van der Waals surface area contributed by atoms with Crippen molar-refractivity contribution in [2.45, 2.75) is 69.4 Å². The van der Waals surface area contributed by atoms with Crippen LogP contribution in [0.1, 0.15) is 57.8 Å². The molecule has 3 aliphatic rings. The lowest BCUT2D eigenvalue weighted by molar-refractivity contribution is -0.147. The summed E-state index contributed by atoms with van der Waals surface area (Å²) >= 11 is 0. The largest absolute Gasteiger partial charge is 0.480 e. The van der Waals surface area contributed by atoms with Gasteiger partial charge in [-0.25, -0.2) is 0 Å². The van der Waals surface area contributed by atoms with Crippen LogP contribution in [0, 0.1) is 11.8 Å². The van der Waals surface area contributed by atoms with Gasteiger partial charge in [0.15, 0.2) is 0 Å². The van der Waals surface area contributed by atoms with E-state index in [-0.39, 0.29) is 0 Å². The van der Waals surface area contributed by atoms with Gasteiger partial charge in [-0.15, -0.1) is 0 Å². The highest BCUT2D eigenvalue weighted by Gasteiger charge is 2.48. The van der Waals surface area contributed by atoms with Crippen molar-refractivity contribution < 1.29 is 9.90 Å². The van der Waals surface area contributed by atoms with Crippen LogP contribution in [-0.4, -0.2) is 22.7 Å². The first-order chi connectivity index (χ1) is 8.21. The average molecular weight is 237 g/mol. The fourth-order valence-electron chi connectivity index (χ4n) is 3.43. The minimum atomic E-state index is -0.608. The van der Waals surface area contributed by atoms with Gasteiger partial charge in [0.2, 0.25) is 0 Å². The first-order valence-corrected chi connectivity index (χ1v) is 7.22. The number of hydrogen-bond donors (Lipinski definition) is 2. The molecular formula is C14H23NO2. The Balaban J connectivity index is 1.71. The molecule has 0 aliphatic heterocycles. The van der Waals surface area contributed by atoms with E-state index in [0.717, 1.165) is 37.5 Å². The summed E-state index contributed by atoms with van der Waals surface area (Å²) in [6.07, 6.45) is 10.2. The first-order valence-electron chi connectivity index (χ1n) is 7.22. The Hall–Kier alpha value is -0.570. The van der Waals surface area contributed by atoms with Gasteiger partial charge >= 0.3 is 5.97 Å². The standard InChI is InChI=1S/C14H23NO2/c16-13(17)14(8-2-1-3-9-14)15-12(10-4-5-10)11-6-7-11/h10-12,15H,1-9H2,(H,16,17). The second-order valence-electron chi connectivity index (χ2n) is 6.29. The van der Waals surface area contributed by atoms with E-state index in [9.17, 15) is 9.90 Å². The summed E-state index contributed by atoms with van der Waals surface area (Å²) in [4.78, 5) is 11.6. The monoisotopic (exact) mass is 237 g/mol. The third-order valence-corrected chi connectivity index (χ3v) is 4.82. The van der Waals surface area contributed by atoms with Crippen LogP contribution in [0.15, 0.2) is 0 Å². The van der Waals surface area contributed by atoms with Crippen LogP contribution in [-0.2, 0) is 4.79 Å². The fraction of sp³-hybridized carbons (Fsp3) is 0.929. The van der Waals surface area contributed by atoms with E-state index in [1.807, 2.05) is 0 Å². The van der Waals surface area contributed by atoms with E-state index in [1.54, 1.807) is 0 Å². The Morgan fingerprint density at radius 2 is 1.59 bits per heavy atom. The van der Waals surface area contributed by atoms with Gasteiger partial charge in [0.1, 0.15) is 5.54 Å². The summed E-state index contributed by atoms with van der Waals surface area (Å²) in [7, 11) is 0. The lowest BCUT2D eigenvalue weighted by atomic mass is 9.80. The fourth-order valence-corrected chi connectivity index (χ4v) is 3.43. The van der Waals surface area contributed by atoms with Gasteiger partial charge < -0.3 is 5.11 Å². The van der Waals surface area contributed by atoms with Crippen molar-refractivity contribution in [2.75, 3.05) is 0 Å². The van der Waals surface area contributed by atoms with Crippen molar-refractivity contribution in [2.24, 2.45) is 11.8 Å². The predicted octanol–water partition coefficient (Wildman–Crippen LogP) is 2.55. The SMILES string of the molecule is O=C(O)C1(NC(C2CC2)C2CC2)CCCCC1. The highest BCUT2D eigenvalue weighted by molar-refractivity contribution is 5.79. The minimum Gasteiger partial charge on any atom is -0.480 e. The topological polar surface area (TPSA) is 49.3 Å². The molecule has 0 aromatic carbocycles. The Kier molecular flexibility index (Phi) is 2.89. The number of rotatable bonds is 5. The summed E-state index contributed by atoms with van der Waals surface area (Å²) in [5.74, 6) is 0.949. The van der Waals surface area contributed by atoms with E-state index in [0.29, 0.717) is 6.04 Å². The van der Waals surface area contributed by atoms with Gasteiger partial charge in [-0.2, -0.15) is 0 Å². The Morgan fingerprint density at radius 1 is 1.06 bits per heavy atom. The number of aliphatic carboxylic acids is 1. The quantitative estimate of drug-likeness (QED) is 0.772. The van der Waals surface area contributed by atoms with Crippen molar-refractivity contribution in [1.82, 2.24) is 5.32 Å². The summed E-state index contributed by atoms with van der Waals surface area (Å²) < 4.78 is 0. The molecule has 3 rings (SSSR count). The third kappa shape index (κ3) is 2.35. The van der Waals surface area contributed by atoms with Crippen molar-refractivity contribution in [1.29, 1.82) is 0 Å². The third-order valence-electron chi connectivity index (χ3n) is 4.82. The molecule has 0 amide bonds. The average Bonchev–Trinajstić information content (AvgIpc) is 3.17. The zero-order valence-electron chi connectivity index (χ0n) is 10.5. The van der Waals surface area contributed by atoms with Crippen molar-refractivity contribution in [3.63, 3.8) is 0 Å². The van der Waals surface area contributed by atoms with Crippen LogP contribution in [0.3, 0.4) is 0 Å². The Labute approximate surface area is 103 Å². The zero-order valence-corrected chi connectivity index (χ0v) is 10.5. The molecule has 3 aliphatic carbocycles. The molecule has 0 unspecified atom stereocenters. The number of nitrogens with one attached hydrogen (secondary N) is 1. The van der Waals surface area contributed by atoms with Gasteiger partial charge in [0.25, 0.3) is 0 Å². The highest BCUT2D eigenvalue weighted by Crippen LogP contribution is 2.46. The lowest BCUT2D eigenvalue weighted by Gasteiger charge is -2.38. The molecule has 0 atom stereocenters. The second kappa shape index (κ2) is 4.27. The van der Waals surface area contributed by atoms with Crippen LogP contribution >= 0.6 is 0 Å². The molecule has 0 bridgehead atoms. The van der Waals surface area contributed by atoms with Crippen LogP contribution in [0.2, 0.25) is 0 Å². The maximum absolute atomic E-state index is 11.6. The number of carboxylic acid groups (broad SMARTS) is 1. The highest BCUT2D eigenvalue weighted by atomic mass is 16.4. The molecule has 3 heteroatoms. The molecule has 3 nitrogen and oxygen atoms in total. The number of carbonyl (C=O) groups is 1. The van der Waals surface area contributed by atoms with E-state index in [1.165, 1.54) is 32.1 Å². The summed E-state index contributed by atoms with van der Waals surface area (Å²) in [6.45, 7) is 0. The number of carboxylic acids is 1. The predicted molar refractivity (Wildman–Crippen MR) is 65.8 cm³/mol. The molecule has 2 N–H and O–H groups in total. The van der Waals surface area contributed by atoms with Crippen molar-refractivity contribution in [3.05, 3.63) is 0 Å². The lowest BCUT2D eigenvalue weighted by Crippen LogP contribution is -2.58. The molecule has 3 fully saturated rings. The van der Waals surface area contributed by atoms with Gasteiger partial charge in [-0.3, -0.25) is 10.1 Å². The van der Waals surface area contributed by atoms with Gasteiger partial charge in [-0.1, -0.05) is 19.3 Å². The van der Waals surface area contributed by atoms with E-state index >= 15 is 0 Å². The first kappa shape index (κ1) is 11.5. The van der Waals surface area contributed by atoms with Crippen molar-refractivity contribution in [3.8, 4) is 0 Å². The number of hydrogen-bond acceptors (Lipinski definition) is 2. The minimum absolute atomic E-state index is 0.504. The second-order valence-corrected chi connectivity index (χ2v) is 6.29. The van der Waals surface area contributed by atoms with Crippen LogP contribution in [0.4, 0.5) is 0 Å². The maximum Gasteiger partial charge on any atom is 0.323 e. The molecule has 0 heterocycles. The maximum atomic E-state index is 11.6. The molecule has 0 radical (unpaired) electrons. The van der Waals surface area contributed by atoms with Crippen LogP contribution in [0.25, 0.3) is 0 Å². The van der Waals surface area contributed by atoms with E-state index < -0.39 is 11.5 Å². The van der Waals surface area contributed by atoms with Crippen LogP contribution < -0.4 is 5.32 Å². The molecule has 3 saturated carbocycles.